The Morgan fingerprint density at radius 1 is 1.21 bits per heavy atom. The van der Waals surface area contributed by atoms with E-state index in [9.17, 15) is 4.79 Å². The number of hydrogen-bond acceptors (Lipinski definition) is 3. The van der Waals surface area contributed by atoms with Crippen LogP contribution < -0.4 is 0 Å². The van der Waals surface area contributed by atoms with E-state index in [-0.39, 0.29) is 12.1 Å². The Balaban J connectivity index is 2.00. The predicted octanol–water partition coefficient (Wildman–Crippen LogP) is 2.73. The van der Waals surface area contributed by atoms with Gasteiger partial charge < -0.3 is 9.64 Å². The van der Waals surface area contributed by atoms with Crippen LogP contribution in [0.25, 0.3) is 0 Å². The van der Waals surface area contributed by atoms with Crippen molar-refractivity contribution < 1.29 is 9.53 Å². The van der Waals surface area contributed by atoms with Gasteiger partial charge in [-0.05, 0) is 39.5 Å². The van der Waals surface area contributed by atoms with E-state index >= 15 is 0 Å². The molecule has 0 radical (unpaired) electrons. The van der Waals surface area contributed by atoms with Gasteiger partial charge >= 0.3 is 6.09 Å². The fraction of sp³-hybridized carbons (Fsp3) is 0.933. The molecule has 0 spiro atoms. The Morgan fingerprint density at radius 2 is 1.84 bits per heavy atom. The summed E-state index contributed by atoms with van der Waals surface area (Å²) in [5.41, 5.74) is -0.410. The van der Waals surface area contributed by atoms with Gasteiger partial charge in [-0.2, -0.15) is 0 Å². The Hall–Kier alpha value is -0.770. The third-order valence-electron chi connectivity index (χ3n) is 3.91. The lowest BCUT2D eigenvalue weighted by atomic mass is 10.00. The van der Waals surface area contributed by atoms with Crippen LogP contribution in [0.1, 0.15) is 47.5 Å². The fourth-order valence-corrected chi connectivity index (χ4v) is 2.72. The molecular weight excluding hydrogens is 240 g/mol. The zero-order chi connectivity index (χ0) is 14.2. The Bertz CT molecular complexity index is 332. The van der Waals surface area contributed by atoms with Gasteiger partial charge in [0, 0.05) is 25.7 Å². The van der Waals surface area contributed by atoms with Gasteiger partial charge in [0.2, 0.25) is 0 Å². The molecule has 19 heavy (non-hydrogen) atoms. The average molecular weight is 268 g/mol. The van der Waals surface area contributed by atoms with Gasteiger partial charge in [0.15, 0.2) is 0 Å². The molecule has 0 N–H and O–H groups in total. The van der Waals surface area contributed by atoms with Crippen LogP contribution in [0.2, 0.25) is 0 Å². The van der Waals surface area contributed by atoms with Crippen molar-refractivity contribution in [3.8, 4) is 0 Å². The molecule has 1 amide bonds. The van der Waals surface area contributed by atoms with Crippen LogP contribution in [0.4, 0.5) is 4.79 Å². The highest BCUT2D eigenvalue weighted by molar-refractivity contribution is 5.68. The second kappa shape index (κ2) is 5.31. The van der Waals surface area contributed by atoms with Gasteiger partial charge in [-0.25, -0.2) is 4.79 Å². The second-order valence-corrected chi connectivity index (χ2v) is 7.21. The Morgan fingerprint density at radius 3 is 2.32 bits per heavy atom. The standard InChI is InChI=1S/C15H28N2O2/c1-11(2)13-10-16(12-6-7-12)8-9-17(13)14(18)19-15(3,4)5/h11-13H,6-10H2,1-5H3/t13-/m0/s1. The molecule has 0 aromatic carbocycles. The number of piperazine rings is 1. The van der Waals surface area contributed by atoms with E-state index in [1.807, 2.05) is 25.7 Å². The average Bonchev–Trinajstić information content (AvgIpc) is 3.09. The van der Waals surface area contributed by atoms with E-state index in [0.29, 0.717) is 5.92 Å². The molecule has 1 aliphatic heterocycles. The smallest absolute Gasteiger partial charge is 0.410 e. The largest absolute Gasteiger partial charge is 0.444 e. The minimum Gasteiger partial charge on any atom is -0.444 e. The van der Waals surface area contributed by atoms with E-state index in [0.717, 1.165) is 25.7 Å². The van der Waals surface area contributed by atoms with Crippen molar-refractivity contribution in [2.45, 2.75) is 65.1 Å². The van der Waals surface area contributed by atoms with E-state index in [1.54, 1.807) is 0 Å². The lowest BCUT2D eigenvalue weighted by molar-refractivity contribution is -0.0107. The molecule has 1 atom stereocenters. The van der Waals surface area contributed by atoms with Crippen molar-refractivity contribution in [2.75, 3.05) is 19.6 Å². The summed E-state index contributed by atoms with van der Waals surface area (Å²) in [4.78, 5) is 16.8. The summed E-state index contributed by atoms with van der Waals surface area (Å²) < 4.78 is 5.54. The lowest BCUT2D eigenvalue weighted by Crippen LogP contribution is -2.58. The molecule has 0 unspecified atom stereocenters. The first-order valence-corrected chi connectivity index (χ1v) is 7.51. The number of hydrogen-bond donors (Lipinski definition) is 0. The van der Waals surface area contributed by atoms with Crippen molar-refractivity contribution >= 4 is 6.09 Å². The quantitative estimate of drug-likeness (QED) is 0.772. The molecular formula is C15H28N2O2. The molecule has 2 aliphatic rings. The number of carbonyl (C=O) groups is 1. The van der Waals surface area contributed by atoms with E-state index < -0.39 is 5.60 Å². The fourth-order valence-electron chi connectivity index (χ4n) is 2.72. The molecule has 4 nitrogen and oxygen atoms in total. The number of nitrogens with zero attached hydrogens (tertiary/aromatic N) is 2. The maximum Gasteiger partial charge on any atom is 0.410 e. The number of rotatable bonds is 2. The summed E-state index contributed by atoms with van der Waals surface area (Å²) >= 11 is 0. The van der Waals surface area contributed by atoms with Crippen molar-refractivity contribution in [2.24, 2.45) is 5.92 Å². The molecule has 1 aliphatic carbocycles. The number of amides is 1. The summed E-state index contributed by atoms with van der Waals surface area (Å²) in [6, 6.07) is 1.06. The number of ether oxygens (including phenoxy) is 1. The third-order valence-corrected chi connectivity index (χ3v) is 3.91. The topological polar surface area (TPSA) is 32.8 Å². The van der Waals surface area contributed by atoms with Gasteiger partial charge in [-0.15, -0.1) is 0 Å². The van der Waals surface area contributed by atoms with Crippen LogP contribution in [0.5, 0.6) is 0 Å². The van der Waals surface area contributed by atoms with Gasteiger partial charge in [0.05, 0.1) is 6.04 Å². The zero-order valence-corrected chi connectivity index (χ0v) is 13.0. The van der Waals surface area contributed by atoms with E-state index in [2.05, 4.69) is 18.7 Å². The molecule has 0 bridgehead atoms. The van der Waals surface area contributed by atoms with Crippen LogP contribution >= 0.6 is 0 Å². The van der Waals surface area contributed by atoms with Gasteiger partial charge in [-0.3, -0.25) is 4.90 Å². The van der Waals surface area contributed by atoms with Gasteiger partial charge in [0.25, 0.3) is 0 Å². The highest BCUT2D eigenvalue weighted by atomic mass is 16.6. The van der Waals surface area contributed by atoms with Crippen LogP contribution in [-0.2, 0) is 4.74 Å². The molecule has 1 saturated carbocycles. The summed E-state index contributed by atoms with van der Waals surface area (Å²) in [6.45, 7) is 13.0. The second-order valence-electron chi connectivity index (χ2n) is 7.21. The van der Waals surface area contributed by atoms with E-state index in [1.165, 1.54) is 12.8 Å². The highest BCUT2D eigenvalue weighted by Crippen LogP contribution is 2.30. The zero-order valence-electron chi connectivity index (χ0n) is 13.0. The van der Waals surface area contributed by atoms with Crippen molar-refractivity contribution in [3.05, 3.63) is 0 Å². The molecule has 110 valence electrons. The maximum atomic E-state index is 12.3. The minimum atomic E-state index is -0.410. The third kappa shape index (κ3) is 3.85. The van der Waals surface area contributed by atoms with Crippen LogP contribution in [-0.4, -0.2) is 53.2 Å². The van der Waals surface area contributed by atoms with E-state index in [4.69, 9.17) is 4.74 Å². The molecule has 1 heterocycles. The first-order chi connectivity index (χ1) is 8.78. The van der Waals surface area contributed by atoms with Gasteiger partial charge in [0.1, 0.15) is 5.60 Å². The molecule has 2 rings (SSSR count). The summed E-state index contributed by atoms with van der Waals surface area (Å²) in [5.74, 6) is 0.467. The molecule has 0 aromatic heterocycles. The van der Waals surface area contributed by atoms with Crippen LogP contribution in [0.3, 0.4) is 0 Å². The minimum absolute atomic E-state index is 0.151. The molecule has 0 aromatic rings. The first-order valence-electron chi connectivity index (χ1n) is 7.51. The summed E-state index contributed by atoms with van der Waals surface area (Å²) in [5, 5.41) is 0. The predicted molar refractivity (Wildman–Crippen MR) is 76.2 cm³/mol. The first kappa shape index (κ1) is 14.6. The molecule has 2 fully saturated rings. The molecule has 4 heteroatoms. The lowest BCUT2D eigenvalue weighted by Gasteiger charge is -2.43. The maximum absolute atomic E-state index is 12.3. The monoisotopic (exact) mass is 268 g/mol. The Kier molecular flexibility index (Phi) is 4.09. The van der Waals surface area contributed by atoms with Crippen molar-refractivity contribution in [1.29, 1.82) is 0 Å². The normalized spacial score (nSPS) is 25.8. The summed E-state index contributed by atoms with van der Waals surface area (Å²) in [6.07, 6.45) is 2.51. The number of carbonyl (C=O) groups excluding carboxylic acids is 1. The van der Waals surface area contributed by atoms with Crippen LogP contribution in [0, 0.1) is 5.92 Å². The Labute approximate surface area is 117 Å². The van der Waals surface area contributed by atoms with Gasteiger partial charge in [-0.1, -0.05) is 13.8 Å². The highest BCUT2D eigenvalue weighted by Gasteiger charge is 2.39. The SMILES string of the molecule is CC(C)[C@@H]1CN(C2CC2)CCN1C(=O)OC(C)(C)C. The molecule has 1 saturated heterocycles. The summed E-state index contributed by atoms with van der Waals surface area (Å²) in [7, 11) is 0. The van der Waals surface area contributed by atoms with Crippen LogP contribution in [0.15, 0.2) is 0 Å². The van der Waals surface area contributed by atoms with Crippen molar-refractivity contribution in [3.63, 3.8) is 0 Å². The van der Waals surface area contributed by atoms with Crippen molar-refractivity contribution in [1.82, 2.24) is 9.80 Å².